The van der Waals surface area contributed by atoms with Crippen LogP contribution in [0.2, 0.25) is 10.0 Å². The highest BCUT2D eigenvalue weighted by Gasteiger charge is 2.10. The maximum atomic E-state index is 12.3. The van der Waals surface area contributed by atoms with Gasteiger partial charge in [0.1, 0.15) is 0 Å². The van der Waals surface area contributed by atoms with E-state index in [1.807, 2.05) is 60.4 Å². The van der Waals surface area contributed by atoms with E-state index in [4.69, 9.17) is 23.2 Å². The molecular formula is C21H19Cl2N3O. The van der Waals surface area contributed by atoms with Crippen LogP contribution in [0, 0.1) is 0 Å². The van der Waals surface area contributed by atoms with Gasteiger partial charge in [-0.15, -0.1) is 0 Å². The van der Waals surface area contributed by atoms with Gasteiger partial charge < -0.3 is 14.9 Å². The van der Waals surface area contributed by atoms with Crippen LogP contribution in [0.5, 0.6) is 0 Å². The van der Waals surface area contributed by atoms with Crippen LogP contribution < -0.4 is 5.32 Å². The number of hydrogen-bond donors (Lipinski definition) is 2. The third-order valence-electron chi connectivity index (χ3n) is 4.86. The van der Waals surface area contributed by atoms with Crippen LogP contribution in [0.3, 0.4) is 0 Å². The zero-order chi connectivity index (χ0) is 19.0. The SMILES string of the molecule is Cn1cc(CNC(=O)CCc2c[nH]c3ccc(Cl)cc23)c2cc(Cl)ccc21. The number of aromatic nitrogens is 2. The molecule has 0 fully saturated rings. The van der Waals surface area contributed by atoms with Crippen LogP contribution in [0.4, 0.5) is 0 Å². The van der Waals surface area contributed by atoms with E-state index in [2.05, 4.69) is 10.3 Å². The molecule has 0 aliphatic rings. The van der Waals surface area contributed by atoms with Crippen molar-refractivity contribution in [2.45, 2.75) is 19.4 Å². The zero-order valence-electron chi connectivity index (χ0n) is 14.9. The summed E-state index contributed by atoms with van der Waals surface area (Å²) >= 11 is 12.2. The molecule has 0 aliphatic heterocycles. The van der Waals surface area contributed by atoms with Crippen molar-refractivity contribution in [1.82, 2.24) is 14.9 Å². The second-order valence-electron chi connectivity index (χ2n) is 6.71. The lowest BCUT2D eigenvalue weighted by molar-refractivity contribution is -0.121. The minimum Gasteiger partial charge on any atom is -0.361 e. The van der Waals surface area contributed by atoms with Crippen molar-refractivity contribution in [1.29, 1.82) is 0 Å². The fourth-order valence-electron chi connectivity index (χ4n) is 3.47. The number of H-pyrrole nitrogens is 1. The first-order chi connectivity index (χ1) is 13.0. The average molecular weight is 400 g/mol. The number of nitrogens with zero attached hydrogens (tertiary/aromatic N) is 1. The minimum absolute atomic E-state index is 0.0189. The van der Waals surface area contributed by atoms with Crippen molar-refractivity contribution in [3.05, 3.63) is 70.0 Å². The Bertz CT molecular complexity index is 1140. The van der Waals surface area contributed by atoms with Gasteiger partial charge in [-0.2, -0.15) is 0 Å². The first kappa shape index (κ1) is 18.0. The van der Waals surface area contributed by atoms with E-state index in [-0.39, 0.29) is 5.91 Å². The van der Waals surface area contributed by atoms with Crippen LogP contribution in [-0.4, -0.2) is 15.5 Å². The summed E-state index contributed by atoms with van der Waals surface area (Å²) in [5.74, 6) is 0.0189. The average Bonchev–Trinajstić information content (AvgIpc) is 3.18. The fourth-order valence-corrected chi connectivity index (χ4v) is 3.82. The van der Waals surface area contributed by atoms with Crippen LogP contribution in [0.25, 0.3) is 21.8 Å². The summed E-state index contributed by atoms with van der Waals surface area (Å²) in [5.41, 5.74) is 4.28. The van der Waals surface area contributed by atoms with Gasteiger partial charge in [0.05, 0.1) is 0 Å². The molecule has 4 nitrogen and oxygen atoms in total. The van der Waals surface area contributed by atoms with Gasteiger partial charge in [0.25, 0.3) is 0 Å². The first-order valence-electron chi connectivity index (χ1n) is 8.77. The van der Waals surface area contributed by atoms with Gasteiger partial charge in [-0.05, 0) is 53.9 Å². The highest BCUT2D eigenvalue weighted by Crippen LogP contribution is 2.25. The molecule has 0 saturated heterocycles. The number of rotatable bonds is 5. The number of fused-ring (bicyclic) bond motifs is 2. The number of carbonyl (C=O) groups excluding carboxylic acids is 1. The van der Waals surface area contributed by atoms with E-state index in [1.54, 1.807) is 0 Å². The quantitative estimate of drug-likeness (QED) is 0.475. The molecule has 0 spiro atoms. The van der Waals surface area contributed by atoms with E-state index in [1.165, 1.54) is 0 Å². The van der Waals surface area contributed by atoms with Crippen molar-refractivity contribution >= 4 is 50.9 Å². The van der Waals surface area contributed by atoms with E-state index in [0.717, 1.165) is 32.9 Å². The Labute approximate surface area is 167 Å². The van der Waals surface area contributed by atoms with Crippen molar-refractivity contribution < 1.29 is 4.79 Å². The summed E-state index contributed by atoms with van der Waals surface area (Å²) in [6.07, 6.45) is 5.06. The van der Waals surface area contributed by atoms with Crippen molar-refractivity contribution in [3.63, 3.8) is 0 Å². The van der Waals surface area contributed by atoms with Gasteiger partial charge in [-0.25, -0.2) is 0 Å². The number of amides is 1. The van der Waals surface area contributed by atoms with Gasteiger partial charge >= 0.3 is 0 Å². The van der Waals surface area contributed by atoms with Crippen LogP contribution >= 0.6 is 23.2 Å². The number of aromatic amines is 1. The van der Waals surface area contributed by atoms with E-state index in [9.17, 15) is 4.79 Å². The predicted molar refractivity (Wildman–Crippen MR) is 111 cm³/mol. The van der Waals surface area contributed by atoms with E-state index >= 15 is 0 Å². The monoisotopic (exact) mass is 399 g/mol. The summed E-state index contributed by atoms with van der Waals surface area (Å²) in [4.78, 5) is 15.6. The van der Waals surface area contributed by atoms with Crippen LogP contribution in [0.15, 0.2) is 48.8 Å². The number of halogens is 2. The molecular weight excluding hydrogens is 381 g/mol. The Kier molecular flexibility index (Phi) is 4.85. The number of hydrogen-bond acceptors (Lipinski definition) is 1. The summed E-state index contributed by atoms with van der Waals surface area (Å²) in [6.45, 7) is 0.482. The molecule has 0 atom stereocenters. The van der Waals surface area contributed by atoms with E-state index in [0.29, 0.717) is 29.4 Å². The molecule has 2 N–H and O–H groups in total. The largest absolute Gasteiger partial charge is 0.361 e. The van der Waals surface area contributed by atoms with Gasteiger partial charge in [0.15, 0.2) is 0 Å². The molecule has 138 valence electrons. The predicted octanol–water partition coefficient (Wildman–Crippen LogP) is 5.22. The number of benzene rings is 2. The number of carbonyl (C=O) groups is 1. The summed E-state index contributed by atoms with van der Waals surface area (Å²) < 4.78 is 2.04. The maximum absolute atomic E-state index is 12.3. The Morgan fingerprint density at radius 1 is 1.07 bits per heavy atom. The third-order valence-corrected chi connectivity index (χ3v) is 5.33. The smallest absolute Gasteiger partial charge is 0.220 e. The molecule has 0 saturated carbocycles. The standard InChI is InChI=1S/C21H19Cl2N3O/c1-26-12-14(18-9-16(23)4-6-20(18)26)11-25-21(27)7-2-13-10-24-19-5-3-15(22)8-17(13)19/h3-6,8-10,12,24H,2,7,11H2,1H3,(H,25,27). The normalized spacial score (nSPS) is 11.4. The zero-order valence-corrected chi connectivity index (χ0v) is 16.4. The Morgan fingerprint density at radius 2 is 1.81 bits per heavy atom. The second-order valence-corrected chi connectivity index (χ2v) is 7.58. The van der Waals surface area contributed by atoms with Crippen molar-refractivity contribution in [2.75, 3.05) is 0 Å². The first-order valence-corrected chi connectivity index (χ1v) is 9.52. The molecule has 2 aromatic heterocycles. The van der Waals surface area contributed by atoms with Gasteiger partial charge in [0.2, 0.25) is 5.91 Å². The van der Waals surface area contributed by atoms with E-state index < -0.39 is 0 Å². The molecule has 0 unspecified atom stereocenters. The van der Waals surface area contributed by atoms with Gasteiger partial charge in [-0.1, -0.05) is 23.2 Å². The topological polar surface area (TPSA) is 49.8 Å². The molecule has 2 aromatic carbocycles. The Hall–Kier alpha value is -2.43. The second kappa shape index (κ2) is 7.29. The highest BCUT2D eigenvalue weighted by atomic mass is 35.5. The van der Waals surface area contributed by atoms with Gasteiger partial charge in [-0.3, -0.25) is 4.79 Å². The van der Waals surface area contributed by atoms with Crippen molar-refractivity contribution in [3.8, 4) is 0 Å². The Morgan fingerprint density at radius 3 is 2.63 bits per heavy atom. The van der Waals surface area contributed by atoms with Gasteiger partial charge in [0, 0.05) is 64.3 Å². The minimum atomic E-state index is 0.0189. The number of nitrogens with one attached hydrogen (secondary N) is 2. The molecule has 0 aliphatic carbocycles. The van der Waals surface area contributed by atoms with Crippen molar-refractivity contribution in [2.24, 2.45) is 7.05 Å². The molecule has 2 heterocycles. The Balaban J connectivity index is 1.41. The van der Waals surface area contributed by atoms with Crippen LogP contribution in [0.1, 0.15) is 17.5 Å². The molecule has 27 heavy (non-hydrogen) atoms. The lowest BCUT2D eigenvalue weighted by atomic mass is 10.1. The lowest BCUT2D eigenvalue weighted by Crippen LogP contribution is -2.22. The lowest BCUT2D eigenvalue weighted by Gasteiger charge is -2.05. The molecule has 1 amide bonds. The summed E-state index contributed by atoms with van der Waals surface area (Å²) in [6, 6.07) is 11.5. The summed E-state index contributed by atoms with van der Waals surface area (Å²) in [5, 5.41) is 6.54. The number of aryl methyl sites for hydroxylation is 2. The third kappa shape index (κ3) is 3.68. The molecule has 6 heteroatoms. The summed E-state index contributed by atoms with van der Waals surface area (Å²) in [7, 11) is 1.99. The maximum Gasteiger partial charge on any atom is 0.220 e. The van der Waals surface area contributed by atoms with Crippen LogP contribution in [-0.2, 0) is 24.8 Å². The molecule has 0 radical (unpaired) electrons. The molecule has 4 rings (SSSR count). The fraction of sp³-hybridized carbons (Fsp3) is 0.190. The molecule has 0 bridgehead atoms. The molecule has 4 aromatic rings. The highest BCUT2D eigenvalue weighted by molar-refractivity contribution is 6.31.